The first-order valence-electron chi connectivity index (χ1n) is 3.64. The molecule has 4 nitrogen and oxygen atoms in total. The Morgan fingerprint density at radius 3 is 2.54 bits per heavy atom. The number of aryl methyl sites for hydroxylation is 1. The second kappa shape index (κ2) is 3.49. The van der Waals surface area contributed by atoms with Gasteiger partial charge in [0.25, 0.3) is 5.69 Å². The zero-order chi connectivity index (χ0) is 10.2. The van der Waals surface area contributed by atoms with Gasteiger partial charge >= 0.3 is 0 Å². The summed E-state index contributed by atoms with van der Waals surface area (Å²) in [5.74, 6) is 0. The summed E-state index contributed by atoms with van der Waals surface area (Å²) < 4.78 is 0.768. The Balaban J connectivity index is 3.50. The number of hydrogen-bond donors (Lipinski definition) is 1. The van der Waals surface area contributed by atoms with E-state index in [1.807, 2.05) is 36.4 Å². The number of halogens is 1. The second-order valence-corrected chi connectivity index (χ2v) is 3.90. The van der Waals surface area contributed by atoms with Crippen molar-refractivity contribution in [1.82, 2.24) is 0 Å². The van der Waals surface area contributed by atoms with E-state index in [0.717, 1.165) is 14.7 Å². The zero-order valence-corrected chi connectivity index (χ0v) is 9.45. The van der Waals surface area contributed by atoms with Gasteiger partial charge in [-0.2, -0.15) is 0 Å². The molecule has 2 N–H and O–H groups in total. The molecule has 0 saturated heterocycles. The fraction of sp³-hybridized carbons (Fsp3) is 0.250. The molecule has 1 aromatic rings. The van der Waals surface area contributed by atoms with Crippen molar-refractivity contribution in [3.8, 4) is 0 Å². The van der Waals surface area contributed by atoms with Gasteiger partial charge in [-0.1, -0.05) is 0 Å². The molecule has 0 heterocycles. The van der Waals surface area contributed by atoms with Crippen molar-refractivity contribution in [2.45, 2.75) is 13.8 Å². The van der Waals surface area contributed by atoms with Crippen LogP contribution in [0.5, 0.6) is 0 Å². The Kier molecular flexibility index (Phi) is 2.74. The molecule has 0 aromatic heterocycles. The molecule has 0 spiro atoms. The molecule has 5 heteroatoms. The van der Waals surface area contributed by atoms with E-state index in [0.29, 0.717) is 0 Å². The maximum atomic E-state index is 10.6. The summed E-state index contributed by atoms with van der Waals surface area (Å²) in [4.78, 5) is 10.1. The molecule has 0 fully saturated rings. The number of nitro groups is 1. The molecule has 0 aliphatic rings. The van der Waals surface area contributed by atoms with Crippen molar-refractivity contribution < 1.29 is 4.92 Å². The molecular weight excluding hydrogens is 283 g/mol. The molecular formula is C8H9IN2O2. The number of anilines is 1. The fourth-order valence-corrected chi connectivity index (χ4v) is 1.73. The van der Waals surface area contributed by atoms with Crippen molar-refractivity contribution in [2.75, 3.05) is 5.73 Å². The van der Waals surface area contributed by atoms with E-state index in [2.05, 4.69) is 0 Å². The molecule has 0 unspecified atom stereocenters. The van der Waals surface area contributed by atoms with Crippen molar-refractivity contribution in [3.63, 3.8) is 0 Å². The van der Waals surface area contributed by atoms with Crippen LogP contribution in [0.25, 0.3) is 0 Å². The van der Waals surface area contributed by atoms with Gasteiger partial charge in [-0.15, -0.1) is 0 Å². The van der Waals surface area contributed by atoms with Gasteiger partial charge in [0.1, 0.15) is 5.69 Å². The molecule has 1 rings (SSSR count). The first-order chi connectivity index (χ1) is 5.95. The predicted octanol–water partition coefficient (Wildman–Crippen LogP) is 2.40. The van der Waals surface area contributed by atoms with Crippen LogP contribution in [-0.4, -0.2) is 4.92 Å². The Bertz CT molecular complexity index is 377. The smallest absolute Gasteiger partial charge is 0.293 e. The standard InChI is InChI=1S/C8H9IN2O2/c1-4-3-6(11(12)13)8(10)7(9)5(4)2/h3H,10H2,1-2H3. The molecule has 0 aliphatic carbocycles. The van der Waals surface area contributed by atoms with Gasteiger partial charge < -0.3 is 5.73 Å². The van der Waals surface area contributed by atoms with Crippen LogP contribution in [0.3, 0.4) is 0 Å². The minimum Gasteiger partial charge on any atom is -0.392 e. The lowest BCUT2D eigenvalue weighted by Gasteiger charge is -2.06. The Morgan fingerprint density at radius 2 is 2.08 bits per heavy atom. The Hall–Kier alpha value is -0.850. The third-order valence-electron chi connectivity index (χ3n) is 1.98. The molecule has 0 amide bonds. The number of nitrogens with two attached hydrogens (primary N) is 1. The van der Waals surface area contributed by atoms with Crippen LogP contribution in [-0.2, 0) is 0 Å². The quantitative estimate of drug-likeness (QED) is 0.374. The summed E-state index contributed by atoms with van der Waals surface area (Å²) in [6, 6.07) is 1.51. The van der Waals surface area contributed by atoms with Gasteiger partial charge in [-0.25, -0.2) is 0 Å². The van der Waals surface area contributed by atoms with Gasteiger partial charge in [0.05, 0.1) is 4.92 Å². The summed E-state index contributed by atoms with van der Waals surface area (Å²) in [6.45, 7) is 3.74. The van der Waals surface area contributed by atoms with Crippen LogP contribution >= 0.6 is 22.6 Å². The number of nitro benzene ring substituents is 1. The third kappa shape index (κ3) is 1.74. The minimum atomic E-state index is -0.454. The minimum absolute atomic E-state index is 0.00694. The molecule has 0 saturated carbocycles. The largest absolute Gasteiger partial charge is 0.392 e. The van der Waals surface area contributed by atoms with E-state index in [1.54, 1.807) is 0 Å². The highest BCUT2D eigenvalue weighted by atomic mass is 127. The van der Waals surface area contributed by atoms with Gasteiger partial charge in [0.2, 0.25) is 0 Å². The van der Waals surface area contributed by atoms with Crippen LogP contribution < -0.4 is 5.73 Å². The summed E-state index contributed by atoms with van der Waals surface area (Å²) in [5.41, 5.74) is 7.75. The van der Waals surface area contributed by atoms with Crippen LogP contribution in [0.2, 0.25) is 0 Å². The molecule has 0 atom stereocenters. The second-order valence-electron chi connectivity index (χ2n) is 2.82. The summed E-state index contributed by atoms with van der Waals surface area (Å²) in [6.07, 6.45) is 0. The molecule has 0 aliphatic heterocycles. The Morgan fingerprint density at radius 1 is 1.54 bits per heavy atom. The third-order valence-corrected chi connectivity index (χ3v) is 3.37. The van der Waals surface area contributed by atoms with E-state index in [-0.39, 0.29) is 11.4 Å². The topological polar surface area (TPSA) is 69.2 Å². The maximum absolute atomic E-state index is 10.6. The van der Waals surface area contributed by atoms with Crippen molar-refractivity contribution in [1.29, 1.82) is 0 Å². The van der Waals surface area contributed by atoms with Crippen LogP contribution in [0, 0.1) is 27.5 Å². The number of nitrogens with zero attached hydrogens (tertiary/aromatic N) is 1. The highest BCUT2D eigenvalue weighted by Gasteiger charge is 2.16. The van der Waals surface area contributed by atoms with Crippen LogP contribution in [0.4, 0.5) is 11.4 Å². The van der Waals surface area contributed by atoms with Crippen molar-refractivity contribution >= 4 is 34.0 Å². The monoisotopic (exact) mass is 292 g/mol. The molecule has 1 aromatic carbocycles. The SMILES string of the molecule is Cc1cc([N+](=O)[O-])c(N)c(I)c1C. The molecule has 0 radical (unpaired) electrons. The van der Waals surface area contributed by atoms with Crippen LogP contribution in [0.15, 0.2) is 6.07 Å². The Labute approximate surface area is 89.4 Å². The van der Waals surface area contributed by atoms with Gasteiger partial charge in [0, 0.05) is 9.64 Å². The van der Waals surface area contributed by atoms with Gasteiger partial charge in [0.15, 0.2) is 0 Å². The summed E-state index contributed by atoms with van der Waals surface area (Å²) >= 11 is 2.02. The first-order valence-corrected chi connectivity index (χ1v) is 4.72. The van der Waals surface area contributed by atoms with Crippen molar-refractivity contribution in [3.05, 3.63) is 30.9 Å². The summed E-state index contributed by atoms with van der Waals surface area (Å²) in [7, 11) is 0. The van der Waals surface area contributed by atoms with E-state index in [9.17, 15) is 10.1 Å². The average Bonchev–Trinajstić information content (AvgIpc) is 2.07. The van der Waals surface area contributed by atoms with Gasteiger partial charge in [-0.05, 0) is 47.6 Å². The fourth-order valence-electron chi connectivity index (χ4n) is 1.03. The molecule has 13 heavy (non-hydrogen) atoms. The normalized spacial score (nSPS) is 10.1. The highest BCUT2D eigenvalue weighted by molar-refractivity contribution is 14.1. The number of benzene rings is 1. The van der Waals surface area contributed by atoms with E-state index < -0.39 is 4.92 Å². The predicted molar refractivity (Wildman–Crippen MR) is 59.7 cm³/mol. The zero-order valence-electron chi connectivity index (χ0n) is 7.30. The van der Waals surface area contributed by atoms with E-state index >= 15 is 0 Å². The first kappa shape index (κ1) is 10.2. The van der Waals surface area contributed by atoms with E-state index in [4.69, 9.17) is 5.73 Å². The van der Waals surface area contributed by atoms with Gasteiger partial charge in [-0.3, -0.25) is 10.1 Å². The molecule has 0 bridgehead atoms. The van der Waals surface area contributed by atoms with Crippen LogP contribution in [0.1, 0.15) is 11.1 Å². The summed E-state index contributed by atoms with van der Waals surface area (Å²) in [5, 5.41) is 10.6. The number of rotatable bonds is 1. The average molecular weight is 292 g/mol. The lowest BCUT2D eigenvalue weighted by atomic mass is 10.1. The highest BCUT2D eigenvalue weighted by Crippen LogP contribution is 2.31. The lowest BCUT2D eigenvalue weighted by molar-refractivity contribution is -0.384. The number of nitrogen functional groups attached to an aromatic ring is 1. The maximum Gasteiger partial charge on any atom is 0.293 e. The number of hydrogen-bond acceptors (Lipinski definition) is 3. The van der Waals surface area contributed by atoms with E-state index in [1.165, 1.54) is 6.07 Å². The lowest BCUT2D eigenvalue weighted by Crippen LogP contribution is -2.01. The van der Waals surface area contributed by atoms with Crippen molar-refractivity contribution in [2.24, 2.45) is 0 Å². The molecule has 70 valence electrons.